The minimum atomic E-state index is -0.453. The highest BCUT2D eigenvalue weighted by atomic mass is 16.5. The van der Waals surface area contributed by atoms with Gasteiger partial charge in [0.2, 0.25) is 0 Å². The van der Waals surface area contributed by atoms with E-state index in [1.54, 1.807) is 0 Å². The van der Waals surface area contributed by atoms with Crippen LogP contribution in [-0.4, -0.2) is 48.7 Å². The van der Waals surface area contributed by atoms with Crippen LogP contribution in [-0.2, 0) is 4.74 Å². The molecular formula is C13H29NO3. The van der Waals surface area contributed by atoms with Crippen molar-refractivity contribution in [3.8, 4) is 0 Å². The third-order valence-electron chi connectivity index (χ3n) is 2.62. The zero-order valence-corrected chi connectivity index (χ0v) is 11.7. The van der Waals surface area contributed by atoms with E-state index >= 15 is 0 Å². The van der Waals surface area contributed by atoms with Crippen molar-refractivity contribution in [3.63, 3.8) is 0 Å². The molecule has 104 valence electrons. The lowest BCUT2D eigenvalue weighted by molar-refractivity contribution is 0.00561. The van der Waals surface area contributed by atoms with Crippen molar-refractivity contribution in [3.05, 3.63) is 0 Å². The van der Waals surface area contributed by atoms with Gasteiger partial charge in [0.05, 0.1) is 18.8 Å². The first kappa shape index (κ1) is 16.8. The molecule has 0 fully saturated rings. The molecule has 4 heteroatoms. The molecule has 4 nitrogen and oxygen atoms in total. The maximum atomic E-state index is 9.64. The van der Waals surface area contributed by atoms with Crippen LogP contribution < -0.4 is 5.32 Å². The van der Waals surface area contributed by atoms with Crippen molar-refractivity contribution >= 4 is 0 Å². The molecule has 0 saturated heterocycles. The molecule has 0 heterocycles. The second-order valence-corrected chi connectivity index (χ2v) is 5.66. The summed E-state index contributed by atoms with van der Waals surface area (Å²) in [5, 5.41) is 21.7. The van der Waals surface area contributed by atoms with Crippen LogP contribution in [0.5, 0.6) is 0 Å². The fourth-order valence-electron chi connectivity index (χ4n) is 1.59. The molecule has 1 atom stereocenters. The minimum Gasteiger partial charge on any atom is -0.396 e. The molecular weight excluding hydrogens is 218 g/mol. The Morgan fingerprint density at radius 2 is 1.94 bits per heavy atom. The van der Waals surface area contributed by atoms with Gasteiger partial charge in [-0.1, -0.05) is 13.8 Å². The average Bonchev–Trinajstić information content (AvgIpc) is 2.23. The van der Waals surface area contributed by atoms with Crippen LogP contribution in [0, 0.1) is 5.41 Å². The zero-order valence-electron chi connectivity index (χ0n) is 11.7. The molecule has 17 heavy (non-hydrogen) atoms. The highest BCUT2D eigenvalue weighted by molar-refractivity contribution is 4.72. The maximum absolute atomic E-state index is 9.64. The summed E-state index contributed by atoms with van der Waals surface area (Å²) in [5.74, 6) is 0. The topological polar surface area (TPSA) is 61.7 Å². The molecule has 0 aliphatic rings. The first-order chi connectivity index (χ1) is 7.87. The van der Waals surface area contributed by atoms with Gasteiger partial charge >= 0.3 is 0 Å². The third kappa shape index (κ3) is 10.7. The number of nitrogens with one attached hydrogen (secondary N) is 1. The predicted molar refractivity (Wildman–Crippen MR) is 70.1 cm³/mol. The summed E-state index contributed by atoms with van der Waals surface area (Å²) in [4.78, 5) is 0. The fraction of sp³-hybridized carbons (Fsp3) is 1.00. The molecule has 1 unspecified atom stereocenters. The van der Waals surface area contributed by atoms with Crippen LogP contribution in [0.25, 0.3) is 0 Å². The lowest BCUT2D eigenvalue weighted by atomic mass is 9.88. The van der Waals surface area contributed by atoms with E-state index in [4.69, 9.17) is 9.84 Å². The van der Waals surface area contributed by atoms with Gasteiger partial charge in [0.15, 0.2) is 0 Å². The normalized spacial score (nSPS) is 14.3. The molecule has 0 radical (unpaired) electrons. The standard InChI is InChI=1S/C13H29NO3/c1-11(2)17-9-12(16)8-14-10-13(3,4)6-5-7-15/h11-12,14-16H,5-10H2,1-4H3. The van der Waals surface area contributed by atoms with Crippen molar-refractivity contribution < 1.29 is 14.9 Å². The molecule has 0 aliphatic carbocycles. The van der Waals surface area contributed by atoms with E-state index in [1.165, 1.54) is 0 Å². The third-order valence-corrected chi connectivity index (χ3v) is 2.62. The molecule has 0 spiro atoms. The van der Waals surface area contributed by atoms with Gasteiger partial charge in [-0.3, -0.25) is 0 Å². The van der Waals surface area contributed by atoms with Crippen LogP contribution in [0.15, 0.2) is 0 Å². The summed E-state index contributed by atoms with van der Waals surface area (Å²) in [7, 11) is 0. The van der Waals surface area contributed by atoms with Gasteiger partial charge in [0.25, 0.3) is 0 Å². The summed E-state index contributed by atoms with van der Waals surface area (Å²) in [6.07, 6.45) is 1.51. The lowest BCUT2D eigenvalue weighted by Crippen LogP contribution is -2.37. The van der Waals surface area contributed by atoms with Crippen LogP contribution in [0.2, 0.25) is 0 Å². The van der Waals surface area contributed by atoms with Crippen molar-refractivity contribution in [2.24, 2.45) is 5.41 Å². The van der Waals surface area contributed by atoms with E-state index in [9.17, 15) is 5.11 Å². The zero-order chi connectivity index (χ0) is 13.3. The number of ether oxygens (including phenoxy) is 1. The predicted octanol–water partition coefficient (Wildman–Crippen LogP) is 1.16. The maximum Gasteiger partial charge on any atom is 0.0897 e. The summed E-state index contributed by atoms with van der Waals surface area (Å²) in [6, 6.07) is 0. The molecule has 0 aromatic heterocycles. The van der Waals surface area contributed by atoms with Crippen LogP contribution in [0.1, 0.15) is 40.5 Å². The van der Waals surface area contributed by atoms with Gasteiger partial charge < -0.3 is 20.3 Å². The smallest absolute Gasteiger partial charge is 0.0897 e. The fourth-order valence-corrected chi connectivity index (χ4v) is 1.59. The molecule has 0 amide bonds. The molecule has 3 N–H and O–H groups in total. The summed E-state index contributed by atoms with van der Waals surface area (Å²) in [6.45, 7) is 10.2. The van der Waals surface area contributed by atoms with Crippen molar-refractivity contribution in [2.75, 3.05) is 26.3 Å². The monoisotopic (exact) mass is 247 g/mol. The molecule has 0 saturated carbocycles. The summed E-state index contributed by atoms with van der Waals surface area (Å²) in [5.41, 5.74) is 0.154. The molecule has 0 rings (SSSR count). The van der Waals surface area contributed by atoms with Crippen molar-refractivity contribution in [1.29, 1.82) is 0 Å². The van der Waals surface area contributed by atoms with Gasteiger partial charge in [-0.05, 0) is 32.1 Å². The van der Waals surface area contributed by atoms with Crippen LogP contribution >= 0.6 is 0 Å². The van der Waals surface area contributed by atoms with Gasteiger partial charge in [-0.15, -0.1) is 0 Å². The lowest BCUT2D eigenvalue weighted by Gasteiger charge is -2.25. The molecule has 0 aromatic carbocycles. The van der Waals surface area contributed by atoms with E-state index in [-0.39, 0.29) is 18.1 Å². The van der Waals surface area contributed by atoms with Gasteiger partial charge in [0.1, 0.15) is 0 Å². The summed E-state index contributed by atoms with van der Waals surface area (Å²) < 4.78 is 5.33. The van der Waals surface area contributed by atoms with Gasteiger partial charge in [0, 0.05) is 19.7 Å². The van der Waals surface area contributed by atoms with Gasteiger partial charge in [-0.2, -0.15) is 0 Å². The quantitative estimate of drug-likeness (QED) is 0.542. The molecule has 0 bridgehead atoms. The number of hydrogen-bond donors (Lipinski definition) is 3. The Morgan fingerprint density at radius 1 is 1.29 bits per heavy atom. The second kappa shape index (κ2) is 8.86. The number of aliphatic hydroxyl groups excluding tert-OH is 2. The van der Waals surface area contributed by atoms with E-state index in [0.29, 0.717) is 13.2 Å². The Kier molecular flexibility index (Phi) is 8.78. The van der Waals surface area contributed by atoms with Crippen molar-refractivity contribution in [1.82, 2.24) is 5.32 Å². The number of aliphatic hydroxyl groups is 2. The van der Waals surface area contributed by atoms with E-state index in [2.05, 4.69) is 19.2 Å². The highest BCUT2D eigenvalue weighted by Crippen LogP contribution is 2.20. The SMILES string of the molecule is CC(C)OCC(O)CNCC(C)(C)CCCO. The summed E-state index contributed by atoms with van der Waals surface area (Å²) >= 11 is 0. The average molecular weight is 247 g/mol. The number of hydrogen-bond acceptors (Lipinski definition) is 4. The minimum absolute atomic E-state index is 0.154. The van der Waals surface area contributed by atoms with Crippen molar-refractivity contribution in [2.45, 2.75) is 52.7 Å². The van der Waals surface area contributed by atoms with Crippen LogP contribution in [0.4, 0.5) is 0 Å². The van der Waals surface area contributed by atoms with E-state index < -0.39 is 6.10 Å². The highest BCUT2D eigenvalue weighted by Gasteiger charge is 2.17. The van der Waals surface area contributed by atoms with Gasteiger partial charge in [-0.25, -0.2) is 0 Å². The Hall–Kier alpha value is -0.160. The second-order valence-electron chi connectivity index (χ2n) is 5.66. The van der Waals surface area contributed by atoms with E-state index in [1.807, 2.05) is 13.8 Å². The first-order valence-electron chi connectivity index (χ1n) is 6.48. The Morgan fingerprint density at radius 3 is 2.47 bits per heavy atom. The Balaban J connectivity index is 3.60. The van der Waals surface area contributed by atoms with E-state index in [0.717, 1.165) is 19.4 Å². The first-order valence-corrected chi connectivity index (χ1v) is 6.48. The largest absolute Gasteiger partial charge is 0.396 e. The molecule has 0 aliphatic heterocycles. The number of rotatable bonds is 10. The van der Waals surface area contributed by atoms with Crippen LogP contribution in [0.3, 0.4) is 0 Å². The Bertz CT molecular complexity index is 184. The Labute approximate surface area is 105 Å². The molecule has 0 aromatic rings.